The molecule has 2 aromatic rings. The van der Waals surface area contributed by atoms with Gasteiger partial charge in [-0.15, -0.1) is 0 Å². The van der Waals surface area contributed by atoms with Crippen molar-refractivity contribution in [1.29, 1.82) is 0 Å². The van der Waals surface area contributed by atoms with Gasteiger partial charge in [0.05, 0.1) is 36.9 Å². The van der Waals surface area contributed by atoms with Crippen LogP contribution in [-0.2, 0) is 0 Å². The van der Waals surface area contributed by atoms with E-state index in [1.165, 1.54) is 25.3 Å². The Morgan fingerprint density at radius 3 is 2.36 bits per heavy atom. The van der Waals surface area contributed by atoms with Crippen LogP contribution in [0.5, 0.6) is 11.5 Å². The third-order valence-electron chi connectivity index (χ3n) is 3.61. The van der Waals surface area contributed by atoms with E-state index in [2.05, 4.69) is 10.6 Å². The largest absolute Gasteiger partial charge is 0.497 e. The Morgan fingerprint density at radius 2 is 1.80 bits per heavy atom. The SMILES string of the molecule is COc1ccc([C@@H](C)NC(=O)Nc2ccc([N+](=O)[O-])cc2OC)cc1. The number of nitro benzene ring substituents is 1. The highest BCUT2D eigenvalue weighted by Gasteiger charge is 2.15. The topological polar surface area (TPSA) is 103 Å². The third kappa shape index (κ3) is 4.60. The average Bonchev–Trinajstić information content (AvgIpc) is 2.61. The van der Waals surface area contributed by atoms with Crippen molar-refractivity contribution in [2.24, 2.45) is 0 Å². The van der Waals surface area contributed by atoms with E-state index >= 15 is 0 Å². The van der Waals surface area contributed by atoms with Gasteiger partial charge < -0.3 is 20.1 Å². The summed E-state index contributed by atoms with van der Waals surface area (Å²) in [6, 6.07) is 10.6. The van der Waals surface area contributed by atoms with Crippen molar-refractivity contribution in [3.63, 3.8) is 0 Å². The maximum absolute atomic E-state index is 12.2. The van der Waals surface area contributed by atoms with Gasteiger partial charge in [0, 0.05) is 6.07 Å². The summed E-state index contributed by atoms with van der Waals surface area (Å²) in [7, 11) is 2.96. The fourth-order valence-corrected chi connectivity index (χ4v) is 2.23. The van der Waals surface area contributed by atoms with Crippen molar-refractivity contribution in [3.05, 3.63) is 58.1 Å². The number of ether oxygens (including phenoxy) is 2. The molecule has 2 N–H and O–H groups in total. The summed E-state index contributed by atoms with van der Waals surface area (Å²) in [4.78, 5) is 22.4. The van der Waals surface area contributed by atoms with Crippen LogP contribution in [0.15, 0.2) is 42.5 Å². The molecule has 0 radical (unpaired) electrons. The number of urea groups is 1. The Labute approximate surface area is 144 Å². The van der Waals surface area contributed by atoms with Gasteiger partial charge in [-0.2, -0.15) is 0 Å². The van der Waals surface area contributed by atoms with Crippen LogP contribution in [0.3, 0.4) is 0 Å². The van der Waals surface area contributed by atoms with Gasteiger partial charge in [0.1, 0.15) is 11.5 Å². The average molecular weight is 345 g/mol. The molecule has 0 spiro atoms. The summed E-state index contributed by atoms with van der Waals surface area (Å²) in [6.45, 7) is 1.84. The number of nitrogens with one attached hydrogen (secondary N) is 2. The first-order chi connectivity index (χ1) is 11.9. The highest BCUT2D eigenvalue weighted by atomic mass is 16.6. The zero-order valence-corrected chi connectivity index (χ0v) is 14.1. The maximum atomic E-state index is 12.2. The van der Waals surface area contributed by atoms with E-state index in [4.69, 9.17) is 9.47 Å². The minimum absolute atomic E-state index is 0.116. The molecule has 2 rings (SSSR count). The molecule has 0 aliphatic carbocycles. The molecule has 0 saturated carbocycles. The molecule has 8 heteroatoms. The number of carbonyl (C=O) groups excluding carboxylic acids is 1. The van der Waals surface area contributed by atoms with Gasteiger partial charge in [-0.25, -0.2) is 4.79 Å². The van der Waals surface area contributed by atoms with E-state index in [1.54, 1.807) is 7.11 Å². The van der Waals surface area contributed by atoms with Crippen molar-refractivity contribution >= 4 is 17.4 Å². The van der Waals surface area contributed by atoms with Crippen LogP contribution in [0.1, 0.15) is 18.5 Å². The van der Waals surface area contributed by atoms with Gasteiger partial charge in [0.2, 0.25) is 0 Å². The van der Waals surface area contributed by atoms with Gasteiger partial charge in [-0.1, -0.05) is 12.1 Å². The van der Waals surface area contributed by atoms with Crippen molar-refractivity contribution < 1.29 is 19.2 Å². The lowest BCUT2D eigenvalue weighted by molar-refractivity contribution is -0.384. The summed E-state index contributed by atoms with van der Waals surface area (Å²) in [5.74, 6) is 0.942. The minimum atomic E-state index is -0.530. The van der Waals surface area contributed by atoms with Gasteiger partial charge in [-0.3, -0.25) is 10.1 Å². The van der Waals surface area contributed by atoms with Crippen LogP contribution in [-0.4, -0.2) is 25.2 Å². The first-order valence-corrected chi connectivity index (χ1v) is 7.48. The molecule has 0 heterocycles. The monoisotopic (exact) mass is 345 g/mol. The maximum Gasteiger partial charge on any atom is 0.319 e. The molecule has 0 saturated heterocycles. The second kappa shape index (κ2) is 8.00. The van der Waals surface area contributed by atoms with Crippen molar-refractivity contribution in [3.8, 4) is 11.5 Å². The van der Waals surface area contributed by atoms with Crippen LogP contribution in [0.2, 0.25) is 0 Å². The predicted octanol–water partition coefficient (Wildman–Crippen LogP) is 3.49. The standard InChI is InChI=1S/C17H19N3O5/c1-11(12-4-7-14(24-2)8-5-12)18-17(21)19-15-9-6-13(20(22)23)10-16(15)25-3/h4-11H,1-3H3,(H2,18,19,21)/t11-/m1/s1. The summed E-state index contributed by atoms with van der Waals surface area (Å²) < 4.78 is 10.2. The van der Waals surface area contributed by atoms with Crippen LogP contribution in [0.4, 0.5) is 16.2 Å². The number of amides is 2. The molecule has 1 atom stereocenters. The zero-order valence-electron chi connectivity index (χ0n) is 14.1. The Kier molecular flexibility index (Phi) is 5.78. The number of benzene rings is 2. The lowest BCUT2D eigenvalue weighted by Gasteiger charge is -2.16. The molecule has 8 nitrogen and oxygen atoms in total. The fourth-order valence-electron chi connectivity index (χ4n) is 2.23. The van der Waals surface area contributed by atoms with Crippen LogP contribution >= 0.6 is 0 Å². The number of methoxy groups -OCH3 is 2. The van der Waals surface area contributed by atoms with Gasteiger partial charge >= 0.3 is 6.03 Å². The fraction of sp³-hybridized carbons (Fsp3) is 0.235. The molecule has 0 aliphatic rings. The summed E-state index contributed by atoms with van der Waals surface area (Å²) >= 11 is 0. The molecular formula is C17H19N3O5. The normalized spacial score (nSPS) is 11.3. The van der Waals surface area contributed by atoms with E-state index in [9.17, 15) is 14.9 Å². The van der Waals surface area contributed by atoms with Crippen molar-refractivity contribution in [2.45, 2.75) is 13.0 Å². The second-order valence-corrected chi connectivity index (χ2v) is 5.24. The molecule has 132 valence electrons. The molecular weight excluding hydrogens is 326 g/mol. The molecule has 0 aliphatic heterocycles. The van der Waals surface area contributed by atoms with E-state index in [0.717, 1.165) is 11.3 Å². The molecule has 25 heavy (non-hydrogen) atoms. The molecule has 0 bridgehead atoms. The number of rotatable bonds is 6. The summed E-state index contributed by atoms with van der Waals surface area (Å²) in [5, 5.41) is 16.2. The van der Waals surface area contributed by atoms with Crippen LogP contribution < -0.4 is 20.1 Å². The van der Waals surface area contributed by atoms with Crippen molar-refractivity contribution in [1.82, 2.24) is 5.32 Å². The number of hydrogen-bond acceptors (Lipinski definition) is 5. The molecule has 0 fully saturated rings. The molecule has 2 aromatic carbocycles. The highest BCUT2D eigenvalue weighted by Crippen LogP contribution is 2.29. The second-order valence-electron chi connectivity index (χ2n) is 5.24. The Hall–Kier alpha value is -3.29. The molecule has 0 unspecified atom stereocenters. The summed E-state index contributed by atoms with van der Waals surface area (Å²) in [6.07, 6.45) is 0. The number of anilines is 1. The number of nitrogens with zero attached hydrogens (tertiary/aromatic N) is 1. The van der Waals surface area contributed by atoms with E-state index < -0.39 is 11.0 Å². The van der Waals surface area contributed by atoms with E-state index in [-0.39, 0.29) is 17.5 Å². The third-order valence-corrected chi connectivity index (χ3v) is 3.61. The number of hydrogen-bond donors (Lipinski definition) is 2. The molecule has 0 aromatic heterocycles. The number of carbonyl (C=O) groups is 1. The number of nitro groups is 1. The first-order valence-electron chi connectivity index (χ1n) is 7.48. The quantitative estimate of drug-likeness (QED) is 0.616. The smallest absolute Gasteiger partial charge is 0.319 e. The van der Waals surface area contributed by atoms with Crippen LogP contribution in [0.25, 0.3) is 0 Å². The lowest BCUT2D eigenvalue weighted by Crippen LogP contribution is -2.31. The van der Waals surface area contributed by atoms with Gasteiger partial charge in [-0.05, 0) is 30.7 Å². The molecule has 2 amide bonds. The number of non-ortho nitro benzene ring substituents is 1. The van der Waals surface area contributed by atoms with E-state index in [1.807, 2.05) is 31.2 Å². The Morgan fingerprint density at radius 1 is 1.12 bits per heavy atom. The Bertz CT molecular complexity index is 761. The zero-order chi connectivity index (χ0) is 18.4. The first kappa shape index (κ1) is 18.1. The lowest BCUT2D eigenvalue weighted by atomic mass is 10.1. The van der Waals surface area contributed by atoms with Crippen molar-refractivity contribution in [2.75, 3.05) is 19.5 Å². The Balaban J connectivity index is 2.05. The predicted molar refractivity (Wildman–Crippen MR) is 93.2 cm³/mol. The minimum Gasteiger partial charge on any atom is -0.497 e. The van der Waals surface area contributed by atoms with Crippen LogP contribution in [0, 0.1) is 10.1 Å². The summed E-state index contributed by atoms with van der Waals surface area (Å²) in [5.41, 5.74) is 1.13. The van der Waals surface area contributed by atoms with E-state index in [0.29, 0.717) is 5.69 Å². The highest BCUT2D eigenvalue weighted by molar-refractivity contribution is 5.91. The van der Waals surface area contributed by atoms with Gasteiger partial charge in [0.25, 0.3) is 5.69 Å². The van der Waals surface area contributed by atoms with Gasteiger partial charge in [0.15, 0.2) is 0 Å².